The monoisotopic (exact) mass is 250 g/mol. The molecule has 0 aliphatic carbocycles. The zero-order valence-electron chi connectivity index (χ0n) is 11.2. The number of hydrogen-bond donors (Lipinski definition) is 1. The van der Waals surface area contributed by atoms with Gasteiger partial charge < -0.3 is 14.6 Å². The second-order valence-electron chi connectivity index (χ2n) is 5.67. The summed E-state index contributed by atoms with van der Waals surface area (Å²) in [5.41, 5.74) is 0. The Bertz CT molecular complexity index is 391. The van der Waals surface area contributed by atoms with Gasteiger partial charge in [-0.05, 0) is 32.7 Å². The van der Waals surface area contributed by atoms with Crippen LogP contribution in [0.1, 0.15) is 43.9 Å². The lowest BCUT2D eigenvalue weighted by atomic mass is 9.82. The summed E-state index contributed by atoms with van der Waals surface area (Å²) in [7, 11) is 2.28. The molecule has 1 N–H and O–H groups in total. The second-order valence-corrected chi connectivity index (χ2v) is 5.67. The molecule has 100 valence electrons. The minimum absolute atomic E-state index is 0.601. The van der Waals surface area contributed by atoms with Crippen molar-refractivity contribution < 1.29 is 4.42 Å². The van der Waals surface area contributed by atoms with E-state index in [4.69, 9.17) is 4.42 Å². The average molecular weight is 250 g/mol. The molecule has 0 spiro atoms. The number of nitrogens with one attached hydrogen (secondary N) is 1. The Hall–Kier alpha value is -0.940. The third-order valence-electron chi connectivity index (χ3n) is 4.45. The molecule has 0 aromatic carbocycles. The van der Waals surface area contributed by atoms with Crippen LogP contribution in [0.3, 0.4) is 0 Å². The molecule has 1 aromatic rings. The van der Waals surface area contributed by atoms with Gasteiger partial charge in [-0.1, -0.05) is 6.42 Å². The van der Waals surface area contributed by atoms with Crippen molar-refractivity contribution >= 4 is 0 Å². The van der Waals surface area contributed by atoms with Gasteiger partial charge >= 0.3 is 0 Å². The van der Waals surface area contributed by atoms with Crippen molar-refractivity contribution in [1.82, 2.24) is 20.4 Å². The van der Waals surface area contributed by atoms with Crippen LogP contribution in [0.15, 0.2) is 4.42 Å². The summed E-state index contributed by atoms with van der Waals surface area (Å²) in [6.45, 7) is 2.53. The molecule has 0 amide bonds. The van der Waals surface area contributed by atoms with E-state index in [-0.39, 0.29) is 0 Å². The van der Waals surface area contributed by atoms with Gasteiger partial charge in [0.15, 0.2) is 0 Å². The summed E-state index contributed by atoms with van der Waals surface area (Å²) in [6.07, 6.45) is 6.60. The second kappa shape index (κ2) is 4.97. The fraction of sp³-hybridized carbons (Fsp3) is 0.846. The van der Waals surface area contributed by atoms with Crippen LogP contribution in [0.2, 0.25) is 0 Å². The first-order valence-corrected chi connectivity index (χ1v) is 6.96. The van der Waals surface area contributed by atoms with E-state index >= 15 is 0 Å². The first kappa shape index (κ1) is 12.1. The lowest BCUT2D eigenvalue weighted by molar-refractivity contribution is 0.0477. The van der Waals surface area contributed by atoms with Gasteiger partial charge in [0.25, 0.3) is 0 Å². The van der Waals surface area contributed by atoms with E-state index in [0.29, 0.717) is 24.4 Å². The summed E-state index contributed by atoms with van der Waals surface area (Å²) in [6, 6.07) is 2.13. The van der Waals surface area contributed by atoms with E-state index in [1.807, 2.05) is 6.92 Å². The van der Waals surface area contributed by atoms with E-state index in [1.165, 1.54) is 32.1 Å². The van der Waals surface area contributed by atoms with Gasteiger partial charge in [0.1, 0.15) is 0 Å². The number of aromatic nitrogens is 2. The summed E-state index contributed by atoms with van der Waals surface area (Å²) >= 11 is 0. The third kappa shape index (κ3) is 2.42. The molecule has 0 radical (unpaired) electrons. The predicted octanol–water partition coefficient (Wildman–Crippen LogP) is 1.48. The Morgan fingerprint density at radius 2 is 2.00 bits per heavy atom. The molecule has 2 saturated heterocycles. The zero-order chi connectivity index (χ0) is 12.5. The first-order chi connectivity index (χ1) is 8.72. The number of rotatable bonds is 3. The first-order valence-electron chi connectivity index (χ1n) is 6.96. The van der Waals surface area contributed by atoms with E-state index in [9.17, 15) is 0 Å². The quantitative estimate of drug-likeness (QED) is 0.880. The summed E-state index contributed by atoms with van der Waals surface area (Å²) in [5.74, 6) is 1.35. The Morgan fingerprint density at radius 3 is 2.61 bits per heavy atom. The van der Waals surface area contributed by atoms with E-state index in [1.54, 1.807) is 0 Å². The van der Waals surface area contributed by atoms with Crippen molar-refractivity contribution in [2.24, 2.45) is 0 Å². The van der Waals surface area contributed by atoms with Gasteiger partial charge in [-0.25, -0.2) is 0 Å². The Labute approximate surface area is 108 Å². The van der Waals surface area contributed by atoms with Crippen LogP contribution in [-0.4, -0.2) is 40.3 Å². The van der Waals surface area contributed by atoms with Crippen LogP contribution in [-0.2, 0) is 6.54 Å². The van der Waals surface area contributed by atoms with Crippen LogP contribution in [0, 0.1) is 6.92 Å². The molecular formula is C13H22N4O. The lowest BCUT2D eigenvalue weighted by Crippen LogP contribution is -2.54. The maximum Gasteiger partial charge on any atom is 0.230 e. The van der Waals surface area contributed by atoms with Crippen LogP contribution in [0.4, 0.5) is 0 Å². The Morgan fingerprint density at radius 1 is 1.28 bits per heavy atom. The number of nitrogens with zero attached hydrogens (tertiary/aromatic N) is 3. The van der Waals surface area contributed by atoms with Crippen molar-refractivity contribution in [3.8, 4) is 0 Å². The third-order valence-corrected chi connectivity index (χ3v) is 4.45. The van der Waals surface area contributed by atoms with Crippen molar-refractivity contribution in [3.63, 3.8) is 0 Å². The van der Waals surface area contributed by atoms with Crippen LogP contribution >= 0.6 is 0 Å². The van der Waals surface area contributed by atoms with E-state index in [2.05, 4.69) is 27.5 Å². The van der Waals surface area contributed by atoms with Gasteiger partial charge in [0, 0.05) is 25.0 Å². The molecule has 2 unspecified atom stereocenters. The van der Waals surface area contributed by atoms with Gasteiger partial charge in [-0.15, -0.1) is 10.2 Å². The van der Waals surface area contributed by atoms with Crippen molar-refractivity contribution in [2.75, 3.05) is 7.05 Å². The maximum absolute atomic E-state index is 5.39. The highest BCUT2D eigenvalue weighted by Crippen LogP contribution is 2.32. The minimum Gasteiger partial charge on any atom is -0.424 e. The number of aryl methyl sites for hydroxylation is 1. The van der Waals surface area contributed by atoms with E-state index in [0.717, 1.165) is 12.1 Å². The van der Waals surface area contributed by atoms with E-state index < -0.39 is 0 Å². The van der Waals surface area contributed by atoms with Crippen molar-refractivity contribution in [2.45, 2.75) is 63.7 Å². The van der Waals surface area contributed by atoms with Crippen LogP contribution in [0.5, 0.6) is 0 Å². The highest BCUT2D eigenvalue weighted by Gasteiger charge is 2.35. The average Bonchev–Trinajstić information content (AvgIpc) is 2.73. The highest BCUT2D eigenvalue weighted by atomic mass is 16.4. The largest absolute Gasteiger partial charge is 0.424 e. The van der Waals surface area contributed by atoms with Crippen molar-refractivity contribution in [1.29, 1.82) is 0 Å². The van der Waals surface area contributed by atoms with Crippen molar-refractivity contribution in [3.05, 3.63) is 11.8 Å². The SMILES string of the molecule is Cc1nnc(CNC2CC3CCCC(C2)N3C)o1. The van der Waals surface area contributed by atoms with Crippen LogP contribution < -0.4 is 5.32 Å². The molecule has 2 aliphatic heterocycles. The lowest BCUT2D eigenvalue weighted by Gasteiger charge is -2.47. The zero-order valence-corrected chi connectivity index (χ0v) is 11.2. The fourth-order valence-electron chi connectivity index (χ4n) is 3.42. The number of piperidine rings is 2. The molecule has 1 aromatic heterocycles. The van der Waals surface area contributed by atoms with Gasteiger partial charge in [0.2, 0.25) is 11.8 Å². The predicted molar refractivity (Wildman–Crippen MR) is 68.1 cm³/mol. The smallest absolute Gasteiger partial charge is 0.230 e. The minimum atomic E-state index is 0.601. The molecule has 2 aliphatic rings. The molecule has 2 fully saturated rings. The summed E-state index contributed by atoms with van der Waals surface area (Å²) in [4.78, 5) is 2.58. The Kier molecular flexibility index (Phi) is 3.35. The molecule has 3 rings (SSSR count). The number of fused-ring (bicyclic) bond motifs is 2. The standard InChI is InChI=1S/C13H22N4O/c1-9-15-16-13(18-9)8-14-10-6-11-4-3-5-12(7-10)17(11)2/h10-12,14H,3-8H2,1-2H3. The molecule has 5 heteroatoms. The molecule has 3 heterocycles. The fourth-order valence-corrected chi connectivity index (χ4v) is 3.42. The number of hydrogen-bond acceptors (Lipinski definition) is 5. The molecular weight excluding hydrogens is 228 g/mol. The molecule has 0 saturated carbocycles. The Balaban J connectivity index is 1.55. The molecule has 5 nitrogen and oxygen atoms in total. The van der Waals surface area contributed by atoms with Gasteiger partial charge in [-0.3, -0.25) is 0 Å². The molecule has 2 bridgehead atoms. The molecule has 18 heavy (non-hydrogen) atoms. The summed E-state index contributed by atoms with van der Waals surface area (Å²) < 4.78 is 5.39. The van der Waals surface area contributed by atoms with Crippen LogP contribution in [0.25, 0.3) is 0 Å². The van der Waals surface area contributed by atoms with Gasteiger partial charge in [-0.2, -0.15) is 0 Å². The van der Waals surface area contributed by atoms with Gasteiger partial charge in [0.05, 0.1) is 6.54 Å². The topological polar surface area (TPSA) is 54.2 Å². The highest BCUT2D eigenvalue weighted by molar-refractivity contribution is 4.94. The summed E-state index contributed by atoms with van der Waals surface area (Å²) in [5, 5.41) is 11.5. The molecule has 2 atom stereocenters. The normalized spacial score (nSPS) is 32.7. The maximum atomic E-state index is 5.39.